The molecule has 25 heavy (non-hydrogen) atoms. The van der Waals surface area contributed by atoms with E-state index in [0.717, 1.165) is 18.6 Å². The molecule has 1 aromatic carbocycles. The van der Waals surface area contributed by atoms with Crippen molar-refractivity contribution in [1.29, 1.82) is 0 Å². The largest absolute Gasteiger partial charge is 0.497 e. The van der Waals surface area contributed by atoms with Gasteiger partial charge >= 0.3 is 0 Å². The van der Waals surface area contributed by atoms with Crippen LogP contribution in [0.5, 0.6) is 5.75 Å². The third kappa shape index (κ3) is 9.48. The number of ketones is 1. The van der Waals surface area contributed by atoms with Crippen molar-refractivity contribution in [2.75, 3.05) is 7.11 Å². The van der Waals surface area contributed by atoms with E-state index in [0.29, 0.717) is 12.3 Å². The van der Waals surface area contributed by atoms with Crippen LogP contribution in [0.3, 0.4) is 0 Å². The molecule has 1 atom stereocenters. The molecule has 0 saturated heterocycles. The van der Waals surface area contributed by atoms with Gasteiger partial charge in [-0.25, -0.2) is 0 Å². The first-order chi connectivity index (χ1) is 12.2. The quantitative estimate of drug-likeness (QED) is 0.272. The number of carbonyl (C=O) groups excluding carboxylic acids is 1. The first-order valence-electron chi connectivity index (χ1n) is 10.0. The van der Waals surface area contributed by atoms with E-state index in [1.54, 1.807) is 13.2 Å². The summed E-state index contributed by atoms with van der Waals surface area (Å²) in [5.41, 5.74) is 1.25. The van der Waals surface area contributed by atoms with Gasteiger partial charge in [-0.3, -0.25) is 4.79 Å². The fraction of sp³-hybridized carbons (Fsp3) is 0.609. The molecule has 0 aliphatic rings. The van der Waals surface area contributed by atoms with E-state index in [4.69, 9.17) is 4.74 Å². The molecule has 1 aromatic rings. The SMILES string of the molecule is CCCCC/C=C/C(=O)C[C@H](CCCCCC)c1ccc(OC)cc1. The van der Waals surface area contributed by atoms with Crippen LogP contribution >= 0.6 is 0 Å². The van der Waals surface area contributed by atoms with Crippen LogP contribution < -0.4 is 4.74 Å². The van der Waals surface area contributed by atoms with Crippen LogP contribution in [-0.4, -0.2) is 12.9 Å². The fourth-order valence-corrected chi connectivity index (χ4v) is 3.12. The highest BCUT2D eigenvalue weighted by molar-refractivity contribution is 5.90. The molecule has 0 heterocycles. The summed E-state index contributed by atoms with van der Waals surface area (Å²) in [6, 6.07) is 8.22. The average Bonchev–Trinajstić information content (AvgIpc) is 2.64. The lowest BCUT2D eigenvalue weighted by molar-refractivity contribution is -0.115. The Morgan fingerprint density at radius 2 is 1.68 bits per heavy atom. The molecular weight excluding hydrogens is 308 g/mol. The number of hydrogen-bond acceptors (Lipinski definition) is 2. The molecule has 2 heteroatoms. The van der Waals surface area contributed by atoms with Crippen LogP contribution in [0.15, 0.2) is 36.4 Å². The highest BCUT2D eigenvalue weighted by Crippen LogP contribution is 2.28. The lowest BCUT2D eigenvalue weighted by atomic mass is 9.88. The highest BCUT2D eigenvalue weighted by Gasteiger charge is 2.14. The molecule has 0 spiro atoms. The lowest BCUT2D eigenvalue weighted by Crippen LogP contribution is -2.06. The van der Waals surface area contributed by atoms with Gasteiger partial charge in [0, 0.05) is 6.42 Å². The molecule has 2 nitrogen and oxygen atoms in total. The number of unbranched alkanes of at least 4 members (excludes halogenated alkanes) is 6. The van der Waals surface area contributed by atoms with Crippen LogP contribution in [-0.2, 0) is 4.79 Å². The second-order valence-electron chi connectivity index (χ2n) is 6.89. The smallest absolute Gasteiger partial charge is 0.155 e. The molecule has 0 fully saturated rings. The predicted octanol–water partition coefficient (Wildman–Crippen LogP) is 6.84. The summed E-state index contributed by atoms with van der Waals surface area (Å²) in [6.45, 7) is 4.43. The van der Waals surface area contributed by atoms with Crippen molar-refractivity contribution in [1.82, 2.24) is 0 Å². The molecule has 0 saturated carbocycles. The van der Waals surface area contributed by atoms with E-state index in [1.807, 2.05) is 12.1 Å². The number of ether oxygens (including phenoxy) is 1. The first kappa shape index (κ1) is 21.5. The van der Waals surface area contributed by atoms with E-state index in [9.17, 15) is 4.79 Å². The highest BCUT2D eigenvalue weighted by atomic mass is 16.5. The van der Waals surface area contributed by atoms with Gasteiger partial charge in [0.25, 0.3) is 0 Å². The van der Waals surface area contributed by atoms with Gasteiger partial charge in [0.2, 0.25) is 0 Å². The molecule has 0 aliphatic heterocycles. The number of rotatable bonds is 14. The van der Waals surface area contributed by atoms with Crippen molar-refractivity contribution in [3.05, 3.63) is 42.0 Å². The second kappa shape index (κ2) is 13.7. The third-order valence-electron chi connectivity index (χ3n) is 4.72. The van der Waals surface area contributed by atoms with Gasteiger partial charge in [0.1, 0.15) is 5.75 Å². The molecule has 0 N–H and O–H groups in total. The number of methoxy groups -OCH3 is 1. The summed E-state index contributed by atoms with van der Waals surface area (Å²) in [6.07, 6.45) is 15.2. The molecule has 0 aromatic heterocycles. The van der Waals surface area contributed by atoms with Crippen LogP contribution in [0.4, 0.5) is 0 Å². The Hall–Kier alpha value is -1.57. The zero-order valence-electron chi connectivity index (χ0n) is 16.4. The molecule has 140 valence electrons. The maximum absolute atomic E-state index is 12.4. The minimum atomic E-state index is 0.257. The maximum atomic E-state index is 12.4. The summed E-state index contributed by atoms with van der Waals surface area (Å²) in [7, 11) is 1.68. The van der Waals surface area contributed by atoms with Gasteiger partial charge in [-0.1, -0.05) is 70.6 Å². The summed E-state index contributed by atoms with van der Waals surface area (Å²) >= 11 is 0. The van der Waals surface area contributed by atoms with Gasteiger partial charge in [-0.15, -0.1) is 0 Å². The van der Waals surface area contributed by atoms with Crippen molar-refractivity contribution in [2.45, 2.75) is 84.0 Å². The second-order valence-corrected chi connectivity index (χ2v) is 6.89. The van der Waals surface area contributed by atoms with Gasteiger partial charge in [0.05, 0.1) is 7.11 Å². The Morgan fingerprint density at radius 1 is 1.00 bits per heavy atom. The molecule has 0 aliphatic carbocycles. The lowest BCUT2D eigenvalue weighted by Gasteiger charge is -2.16. The Bertz CT molecular complexity index is 487. The Balaban J connectivity index is 2.61. The van der Waals surface area contributed by atoms with Gasteiger partial charge in [-0.05, 0) is 49.0 Å². The molecule has 0 unspecified atom stereocenters. The molecule has 0 bridgehead atoms. The monoisotopic (exact) mass is 344 g/mol. The molecular formula is C23H36O2. The maximum Gasteiger partial charge on any atom is 0.155 e. The van der Waals surface area contributed by atoms with Gasteiger partial charge < -0.3 is 4.74 Å². The van der Waals surface area contributed by atoms with E-state index in [1.165, 1.54) is 50.5 Å². The molecule has 0 radical (unpaired) electrons. The standard InChI is InChI=1S/C23H36O2/c1-4-6-8-10-12-14-22(24)19-21(13-11-9-7-5-2)20-15-17-23(25-3)18-16-20/h12,14-18,21H,4-11,13,19H2,1-3H3/b14-12+/t21-/m0/s1. The third-order valence-corrected chi connectivity index (χ3v) is 4.72. The topological polar surface area (TPSA) is 26.3 Å². The molecule has 0 amide bonds. The van der Waals surface area contributed by atoms with Gasteiger partial charge in [-0.2, -0.15) is 0 Å². The van der Waals surface area contributed by atoms with Crippen molar-refractivity contribution in [2.24, 2.45) is 0 Å². The Labute approximate surface area is 154 Å². The average molecular weight is 345 g/mol. The van der Waals surface area contributed by atoms with Crippen LogP contribution in [0.25, 0.3) is 0 Å². The normalized spacial score (nSPS) is 12.4. The number of carbonyl (C=O) groups is 1. The number of allylic oxidation sites excluding steroid dienone is 2. The van der Waals surface area contributed by atoms with Crippen molar-refractivity contribution in [3.63, 3.8) is 0 Å². The first-order valence-corrected chi connectivity index (χ1v) is 10.0. The summed E-state index contributed by atoms with van der Waals surface area (Å²) in [4.78, 5) is 12.4. The van der Waals surface area contributed by atoms with Crippen LogP contribution in [0, 0.1) is 0 Å². The Morgan fingerprint density at radius 3 is 2.32 bits per heavy atom. The summed E-state index contributed by atoms with van der Waals surface area (Å²) < 4.78 is 5.25. The van der Waals surface area contributed by atoms with E-state index in [2.05, 4.69) is 32.1 Å². The van der Waals surface area contributed by atoms with Crippen LogP contribution in [0.1, 0.15) is 89.5 Å². The van der Waals surface area contributed by atoms with E-state index in [-0.39, 0.29) is 5.78 Å². The zero-order chi connectivity index (χ0) is 18.3. The van der Waals surface area contributed by atoms with Crippen molar-refractivity contribution < 1.29 is 9.53 Å². The minimum absolute atomic E-state index is 0.257. The summed E-state index contributed by atoms with van der Waals surface area (Å²) in [5.74, 6) is 1.44. The number of hydrogen-bond donors (Lipinski definition) is 0. The van der Waals surface area contributed by atoms with E-state index >= 15 is 0 Å². The minimum Gasteiger partial charge on any atom is -0.497 e. The van der Waals surface area contributed by atoms with Crippen molar-refractivity contribution in [3.8, 4) is 5.75 Å². The molecule has 1 rings (SSSR count). The summed E-state index contributed by atoms with van der Waals surface area (Å²) in [5, 5.41) is 0. The van der Waals surface area contributed by atoms with E-state index < -0.39 is 0 Å². The van der Waals surface area contributed by atoms with Gasteiger partial charge in [0.15, 0.2) is 5.78 Å². The Kier molecular flexibility index (Phi) is 11.8. The number of benzene rings is 1. The van der Waals surface area contributed by atoms with Crippen molar-refractivity contribution >= 4 is 5.78 Å². The van der Waals surface area contributed by atoms with Crippen LogP contribution in [0.2, 0.25) is 0 Å². The predicted molar refractivity (Wildman–Crippen MR) is 107 cm³/mol. The zero-order valence-corrected chi connectivity index (χ0v) is 16.4. The fourth-order valence-electron chi connectivity index (χ4n) is 3.12.